The molecule has 0 atom stereocenters. The molecule has 21 heavy (non-hydrogen) atoms. The summed E-state index contributed by atoms with van der Waals surface area (Å²) in [4.78, 5) is 11.5. The number of hydrogen-bond acceptors (Lipinski definition) is 7. The molecule has 0 aliphatic heterocycles. The highest BCUT2D eigenvalue weighted by Gasteiger charge is 2.31. The lowest BCUT2D eigenvalue weighted by Crippen LogP contribution is -2.29. The van der Waals surface area contributed by atoms with Crippen LogP contribution in [-0.4, -0.2) is 53.0 Å². The fourth-order valence-corrected chi connectivity index (χ4v) is 3.22. The molecule has 2 N–H and O–H groups in total. The number of rotatable bonds is 8. The van der Waals surface area contributed by atoms with Gasteiger partial charge in [0.25, 0.3) is 0 Å². The third kappa shape index (κ3) is 4.27. The summed E-state index contributed by atoms with van der Waals surface area (Å²) in [6.45, 7) is 3.03. The van der Waals surface area contributed by atoms with E-state index in [9.17, 15) is 13.2 Å². The van der Waals surface area contributed by atoms with Crippen LogP contribution in [0.4, 0.5) is 0 Å². The van der Waals surface area contributed by atoms with Gasteiger partial charge in [-0.1, -0.05) is 0 Å². The van der Waals surface area contributed by atoms with Gasteiger partial charge in [0.05, 0.1) is 26.9 Å². The lowest BCUT2D eigenvalue weighted by atomic mass is 10.2. The Morgan fingerprint density at radius 1 is 1.29 bits per heavy atom. The maximum atomic E-state index is 12.3. The van der Waals surface area contributed by atoms with Gasteiger partial charge in [0.15, 0.2) is 0 Å². The van der Waals surface area contributed by atoms with Crippen molar-refractivity contribution in [2.75, 3.05) is 33.5 Å². The monoisotopic (exact) mass is 321 g/mol. The Morgan fingerprint density at radius 3 is 2.52 bits per heavy atom. The number of methoxy groups -OCH3 is 1. The Balaban J connectivity index is 2.95. The second-order valence-corrected chi connectivity index (χ2v) is 5.85. The predicted octanol–water partition coefficient (Wildman–Crippen LogP) is -0.0298. The van der Waals surface area contributed by atoms with Crippen molar-refractivity contribution in [2.45, 2.75) is 18.7 Å². The van der Waals surface area contributed by atoms with Crippen LogP contribution in [0.3, 0.4) is 0 Å². The van der Waals surface area contributed by atoms with Gasteiger partial charge in [0.1, 0.15) is 22.0 Å². The van der Waals surface area contributed by atoms with Crippen LogP contribution in [0.5, 0.6) is 0 Å². The minimum absolute atomic E-state index is 0.00656. The number of ether oxygens (including phenoxy) is 2. The lowest BCUT2D eigenvalue weighted by molar-refractivity contribution is 0.0594. The number of carbonyl (C=O) groups excluding carboxylic acids is 1. The molecule has 0 fully saturated rings. The largest absolute Gasteiger partial charge is 0.465 e. The van der Waals surface area contributed by atoms with Gasteiger partial charge in [0, 0.05) is 6.54 Å². The average molecular weight is 321 g/mol. The van der Waals surface area contributed by atoms with Crippen LogP contribution in [0.25, 0.3) is 0 Å². The normalized spacial score (nSPS) is 11.6. The first-order valence-corrected chi connectivity index (χ1v) is 7.70. The summed E-state index contributed by atoms with van der Waals surface area (Å²) in [5.41, 5.74) is -0.112. The molecular formula is C12H19NO7S. The van der Waals surface area contributed by atoms with Gasteiger partial charge in [-0.05, 0) is 13.8 Å². The lowest BCUT2D eigenvalue weighted by Gasteiger charge is -2.08. The van der Waals surface area contributed by atoms with Crippen LogP contribution in [0, 0.1) is 13.8 Å². The summed E-state index contributed by atoms with van der Waals surface area (Å²) in [5.74, 6) is -0.491. The molecule has 1 rings (SSSR count). The zero-order chi connectivity index (χ0) is 16.0. The maximum Gasteiger partial charge on any atom is 0.342 e. The van der Waals surface area contributed by atoms with E-state index in [0.717, 1.165) is 7.11 Å². The van der Waals surface area contributed by atoms with E-state index in [2.05, 4.69) is 9.46 Å². The van der Waals surface area contributed by atoms with Crippen molar-refractivity contribution in [3.8, 4) is 0 Å². The van der Waals surface area contributed by atoms with Crippen molar-refractivity contribution in [3.63, 3.8) is 0 Å². The van der Waals surface area contributed by atoms with Crippen molar-refractivity contribution in [1.82, 2.24) is 4.72 Å². The Labute approximate surface area is 123 Å². The van der Waals surface area contributed by atoms with E-state index in [1.54, 1.807) is 0 Å². The number of aliphatic hydroxyl groups is 1. The minimum Gasteiger partial charge on any atom is -0.465 e. The molecule has 0 bridgehead atoms. The van der Waals surface area contributed by atoms with Gasteiger partial charge in [-0.2, -0.15) is 0 Å². The molecule has 1 heterocycles. The zero-order valence-corrected chi connectivity index (χ0v) is 12.9. The van der Waals surface area contributed by atoms with E-state index < -0.39 is 16.0 Å². The van der Waals surface area contributed by atoms with Crippen LogP contribution in [0.2, 0.25) is 0 Å². The summed E-state index contributed by atoms with van der Waals surface area (Å²) in [6, 6.07) is 0. The third-order valence-electron chi connectivity index (χ3n) is 2.64. The standard InChI is InChI=1S/C12H19NO7S/c1-8-10(12(15)18-3)11(9(2)20-8)21(16,17)13-4-6-19-7-5-14/h13-14H,4-7H2,1-3H3. The molecule has 0 unspecified atom stereocenters. The molecule has 0 saturated heterocycles. The predicted molar refractivity (Wildman–Crippen MR) is 72.6 cm³/mol. The molecule has 120 valence electrons. The molecule has 1 aromatic heterocycles. The summed E-state index contributed by atoms with van der Waals surface area (Å²) in [7, 11) is -2.77. The number of aliphatic hydroxyl groups excluding tert-OH is 1. The summed E-state index contributed by atoms with van der Waals surface area (Å²) in [6.07, 6.45) is 0. The summed E-state index contributed by atoms with van der Waals surface area (Å²) >= 11 is 0. The SMILES string of the molecule is COC(=O)c1c(C)oc(C)c1S(=O)(=O)NCCOCCO. The molecule has 8 nitrogen and oxygen atoms in total. The highest BCUT2D eigenvalue weighted by Crippen LogP contribution is 2.26. The second-order valence-electron chi connectivity index (χ2n) is 4.14. The van der Waals surface area contributed by atoms with E-state index in [1.165, 1.54) is 13.8 Å². The van der Waals surface area contributed by atoms with E-state index in [-0.39, 0.29) is 48.3 Å². The van der Waals surface area contributed by atoms with Crippen LogP contribution >= 0.6 is 0 Å². The second kappa shape index (κ2) is 7.55. The van der Waals surface area contributed by atoms with Gasteiger partial charge in [-0.3, -0.25) is 0 Å². The molecule has 0 aliphatic rings. The van der Waals surface area contributed by atoms with Gasteiger partial charge in [-0.25, -0.2) is 17.9 Å². The van der Waals surface area contributed by atoms with Crippen LogP contribution in [0.15, 0.2) is 9.31 Å². The van der Waals surface area contributed by atoms with Gasteiger partial charge in [0.2, 0.25) is 10.0 Å². The van der Waals surface area contributed by atoms with Crippen LogP contribution in [-0.2, 0) is 19.5 Å². The molecule has 0 radical (unpaired) electrons. The molecule has 9 heteroatoms. The Kier molecular flexibility index (Phi) is 6.34. The van der Waals surface area contributed by atoms with Gasteiger partial charge in [-0.15, -0.1) is 0 Å². The number of aryl methyl sites for hydroxylation is 2. The van der Waals surface area contributed by atoms with E-state index in [0.29, 0.717) is 0 Å². The number of carbonyl (C=O) groups is 1. The van der Waals surface area contributed by atoms with Crippen LogP contribution in [0.1, 0.15) is 21.9 Å². The molecule has 1 aromatic rings. The van der Waals surface area contributed by atoms with Crippen molar-refractivity contribution in [2.24, 2.45) is 0 Å². The highest BCUT2D eigenvalue weighted by atomic mass is 32.2. The van der Waals surface area contributed by atoms with Crippen molar-refractivity contribution < 1.29 is 32.2 Å². The van der Waals surface area contributed by atoms with Gasteiger partial charge < -0.3 is 19.0 Å². The molecular weight excluding hydrogens is 302 g/mol. The maximum absolute atomic E-state index is 12.3. The first kappa shape index (κ1) is 17.6. The Hall–Kier alpha value is -1.42. The molecule has 0 saturated carbocycles. The highest BCUT2D eigenvalue weighted by molar-refractivity contribution is 7.89. The summed E-state index contributed by atoms with van der Waals surface area (Å²) < 4.78 is 41.6. The van der Waals surface area contributed by atoms with Crippen LogP contribution < -0.4 is 4.72 Å². The first-order chi connectivity index (χ1) is 9.85. The molecule has 0 spiro atoms. The number of nitrogens with one attached hydrogen (secondary N) is 1. The topological polar surface area (TPSA) is 115 Å². The third-order valence-corrected chi connectivity index (χ3v) is 4.25. The average Bonchev–Trinajstić information content (AvgIpc) is 2.73. The fourth-order valence-electron chi connectivity index (χ4n) is 1.81. The van der Waals surface area contributed by atoms with E-state index in [4.69, 9.17) is 14.3 Å². The van der Waals surface area contributed by atoms with E-state index >= 15 is 0 Å². The van der Waals surface area contributed by atoms with Crippen molar-refractivity contribution in [3.05, 3.63) is 17.1 Å². The van der Waals surface area contributed by atoms with E-state index in [1.807, 2.05) is 0 Å². The molecule has 0 aromatic carbocycles. The number of esters is 1. The quantitative estimate of drug-likeness (QED) is 0.510. The van der Waals surface area contributed by atoms with Crippen molar-refractivity contribution in [1.29, 1.82) is 0 Å². The summed E-state index contributed by atoms with van der Waals surface area (Å²) in [5, 5.41) is 8.54. The minimum atomic E-state index is -3.93. The Bertz CT molecular complexity index is 591. The zero-order valence-electron chi connectivity index (χ0n) is 12.1. The number of furan rings is 1. The molecule has 0 amide bonds. The fraction of sp³-hybridized carbons (Fsp3) is 0.583. The Morgan fingerprint density at radius 2 is 1.95 bits per heavy atom. The van der Waals surface area contributed by atoms with Crippen molar-refractivity contribution >= 4 is 16.0 Å². The molecule has 0 aliphatic carbocycles. The van der Waals surface area contributed by atoms with Gasteiger partial charge >= 0.3 is 5.97 Å². The number of sulfonamides is 1. The smallest absolute Gasteiger partial charge is 0.342 e. The first-order valence-electron chi connectivity index (χ1n) is 6.21. The number of hydrogen-bond donors (Lipinski definition) is 2.